The molecule has 0 spiro atoms. The maximum atomic E-state index is 12.1. The van der Waals surface area contributed by atoms with Gasteiger partial charge in [0.15, 0.2) is 0 Å². The molecule has 1 saturated carbocycles. The van der Waals surface area contributed by atoms with E-state index in [2.05, 4.69) is 22.5 Å². The molecule has 4 nitrogen and oxygen atoms in total. The molecular weight excluding hydrogens is 262 g/mol. The van der Waals surface area contributed by atoms with Crippen LogP contribution in [0.25, 0.3) is 0 Å². The Morgan fingerprint density at radius 1 is 1.53 bits per heavy atom. The minimum absolute atomic E-state index is 0.100. The first-order valence-electron chi connectivity index (χ1n) is 6.72. The summed E-state index contributed by atoms with van der Waals surface area (Å²) in [5, 5.41) is 6.33. The zero-order valence-electron chi connectivity index (χ0n) is 11.4. The topological polar surface area (TPSA) is 54.0 Å². The van der Waals surface area contributed by atoms with E-state index in [1.54, 1.807) is 19.3 Å². The van der Waals surface area contributed by atoms with Crippen LogP contribution in [0.1, 0.15) is 43.0 Å². The van der Waals surface area contributed by atoms with Crippen molar-refractivity contribution in [2.75, 3.05) is 18.9 Å². The van der Waals surface area contributed by atoms with Crippen LogP contribution >= 0.6 is 11.6 Å². The minimum Gasteiger partial charge on any atom is -0.372 e. The lowest BCUT2D eigenvalue weighted by Crippen LogP contribution is -2.41. The second-order valence-corrected chi connectivity index (χ2v) is 5.60. The van der Waals surface area contributed by atoms with Gasteiger partial charge >= 0.3 is 0 Å². The van der Waals surface area contributed by atoms with E-state index in [0.29, 0.717) is 21.8 Å². The van der Waals surface area contributed by atoms with Gasteiger partial charge in [-0.2, -0.15) is 0 Å². The molecule has 1 aromatic heterocycles. The van der Waals surface area contributed by atoms with Gasteiger partial charge in [0, 0.05) is 19.8 Å². The summed E-state index contributed by atoms with van der Waals surface area (Å²) < 4.78 is 0. The molecule has 2 N–H and O–H groups in total. The van der Waals surface area contributed by atoms with Crippen LogP contribution in [0, 0.1) is 5.41 Å². The lowest BCUT2D eigenvalue weighted by atomic mass is 9.67. The molecule has 0 bridgehead atoms. The molecule has 1 aliphatic carbocycles. The molecule has 0 aromatic carbocycles. The van der Waals surface area contributed by atoms with E-state index in [0.717, 1.165) is 13.0 Å². The average Bonchev–Trinajstić information content (AvgIpc) is 2.37. The number of carbonyl (C=O) groups is 1. The van der Waals surface area contributed by atoms with Crippen LogP contribution in [-0.4, -0.2) is 24.5 Å². The van der Waals surface area contributed by atoms with E-state index < -0.39 is 0 Å². The lowest BCUT2D eigenvalue weighted by Gasteiger charge is -2.41. The predicted octanol–water partition coefficient (Wildman–Crippen LogP) is 3.09. The largest absolute Gasteiger partial charge is 0.372 e. The van der Waals surface area contributed by atoms with Crippen LogP contribution in [0.4, 0.5) is 5.82 Å². The number of hydrogen-bond acceptors (Lipinski definition) is 3. The number of carbonyl (C=O) groups excluding carboxylic acids is 1. The van der Waals surface area contributed by atoms with Gasteiger partial charge in [0.05, 0.1) is 10.6 Å². The van der Waals surface area contributed by atoms with Crippen molar-refractivity contribution in [2.45, 2.75) is 32.6 Å². The predicted molar refractivity (Wildman–Crippen MR) is 77.7 cm³/mol. The first-order chi connectivity index (χ1) is 9.10. The maximum absolute atomic E-state index is 12.1. The molecule has 0 unspecified atom stereocenters. The quantitative estimate of drug-likeness (QED) is 0.872. The molecule has 1 heterocycles. The fraction of sp³-hybridized carbons (Fsp3) is 0.571. The third kappa shape index (κ3) is 3.00. The van der Waals surface area contributed by atoms with E-state index in [9.17, 15) is 4.79 Å². The summed E-state index contributed by atoms with van der Waals surface area (Å²) >= 11 is 6.02. The van der Waals surface area contributed by atoms with Gasteiger partial charge in [0.2, 0.25) is 0 Å². The number of halogens is 1. The molecule has 104 valence electrons. The van der Waals surface area contributed by atoms with Crippen molar-refractivity contribution in [3.63, 3.8) is 0 Å². The Balaban J connectivity index is 1.98. The average molecular weight is 282 g/mol. The molecular formula is C14H20ClN3O. The van der Waals surface area contributed by atoms with Gasteiger partial charge < -0.3 is 10.6 Å². The molecule has 0 radical (unpaired) electrons. The van der Waals surface area contributed by atoms with Gasteiger partial charge in [-0.1, -0.05) is 24.9 Å². The van der Waals surface area contributed by atoms with E-state index >= 15 is 0 Å². The number of nitrogens with one attached hydrogen (secondary N) is 2. The van der Waals surface area contributed by atoms with Crippen molar-refractivity contribution >= 4 is 23.3 Å². The number of rotatable bonds is 5. The summed E-state index contributed by atoms with van der Waals surface area (Å²) in [4.78, 5) is 16.2. The van der Waals surface area contributed by atoms with Gasteiger partial charge in [-0.15, -0.1) is 0 Å². The molecule has 1 fully saturated rings. The second kappa shape index (κ2) is 5.78. The number of amides is 1. The number of anilines is 1. The molecule has 1 aromatic rings. The summed E-state index contributed by atoms with van der Waals surface area (Å²) in [6.07, 6.45) is 6.36. The Morgan fingerprint density at radius 3 is 2.74 bits per heavy atom. The number of nitrogens with zero attached hydrogens (tertiary/aromatic N) is 1. The summed E-state index contributed by atoms with van der Waals surface area (Å²) in [6, 6.07) is 1.65. The van der Waals surface area contributed by atoms with E-state index in [4.69, 9.17) is 11.6 Å². The van der Waals surface area contributed by atoms with Crippen molar-refractivity contribution in [3.05, 3.63) is 22.8 Å². The molecule has 0 aliphatic heterocycles. The summed E-state index contributed by atoms with van der Waals surface area (Å²) in [5.41, 5.74) is 0.826. The van der Waals surface area contributed by atoms with Crippen LogP contribution in [-0.2, 0) is 0 Å². The van der Waals surface area contributed by atoms with Gasteiger partial charge in [-0.05, 0) is 30.7 Å². The van der Waals surface area contributed by atoms with Crippen LogP contribution in [0.5, 0.6) is 0 Å². The van der Waals surface area contributed by atoms with Gasteiger partial charge in [0.1, 0.15) is 5.82 Å². The highest BCUT2D eigenvalue weighted by atomic mass is 35.5. The summed E-state index contributed by atoms with van der Waals surface area (Å²) in [7, 11) is 1.75. The van der Waals surface area contributed by atoms with Gasteiger partial charge in [-0.25, -0.2) is 4.98 Å². The van der Waals surface area contributed by atoms with E-state index in [-0.39, 0.29) is 5.91 Å². The van der Waals surface area contributed by atoms with Gasteiger partial charge in [0.25, 0.3) is 5.91 Å². The Kier molecular flexibility index (Phi) is 4.30. The molecule has 0 saturated heterocycles. The standard InChI is InChI=1S/C14H20ClN3O/c1-3-14(5-4-6-14)9-18-13(19)10-7-11(15)12(16-2)17-8-10/h7-8H,3-6,9H2,1-2H3,(H,16,17)(H,18,19). The van der Waals surface area contributed by atoms with Gasteiger partial charge in [-0.3, -0.25) is 4.79 Å². The van der Waals surface area contributed by atoms with Crippen LogP contribution < -0.4 is 10.6 Å². The third-order valence-corrected chi connectivity index (χ3v) is 4.42. The van der Waals surface area contributed by atoms with Crippen molar-refractivity contribution in [1.29, 1.82) is 0 Å². The van der Waals surface area contributed by atoms with Crippen molar-refractivity contribution < 1.29 is 4.79 Å². The van der Waals surface area contributed by atoms with Crippen molar-refractivity contribution in [3.8, 4) is 0 Å². The highest BCUT2D eigenvalue weighted by molar-refractivity contribution is 6.33. The molecule has 1 amide bonds. The lowest BCUT2D eigenvalue weighted by molar-refractivity contribution is 0.0850. The molecule has 5 heteroatoms. The third-order valence-electron chi connectivity index (χ3n) is 4.13. The van der Waals surface area contributed by atoms with E-state index in [1.807, 2.05) is 0 Å². The maximum Gasteiger partial charge on any atom is 0.252 e. The second-order valence-electron chi connectivity index (χ2n) is 5.19. The zero-order chi connectivity index (χ0) is 13.9. The smallest absolute Gasteiger partial charge is 0.252 e. The fourth-order valence-electron chi connectivity index (χ4n) is 2.45. The zero-order valence-corrected chi connectivity index (χ0v) is 12.2. The SMILES string of the molecule is CCC1(CNC(=O)c2cnc(NC)c(Cl)c2)CCC1. The minimum atomic E-state index is -0.100. The molecule has 19 heavy (non-hydrogen) atoms. The highest BCUT2D eigenvalue weighted by Gasteiger charge is 2.35. The Bertz CT molecular complexity index is 466. The Hall–Kier alpha value is -1.29. The van der Waals surface area contributed by atoms with E-state index in [1.165, 1.54) is 19.3 Å². The van der Waals surface area contributed by atoms with Crippen LogP contribution in [0.3, 0.4) is 0 Å². The number of pyridine rings is 1. The number of hydrogen-bond donors (Lipinski definition) is 2. The normalized spacial score (nSPS) is 16.6. The molecule has 2 rings (SSSR count). The summed E-state index contributed by atoms with van der Waals surface area (Å²) in [5.74, 6) is 0.485. The Labute approximate surface area is 118 Å². The van der Waals surface area contributed by atoms with Crippen LogP contribution in [0.15, 0.2) is 12.3 Å². The van der Waals surface area contributed by atoms with Crippen molar-refractivity contribution in [1.82, 2.24) is 10.3 Å². The monoisotopic (exact) mass is 281 g/mol. The Morgan fingerprint density at radius 2 is 2.26 bits per heavy atom. The first-order valence-corrected chi connectivity index (χ1v) is 7.09. The first kappa shape index (κ1) is 14.1. The molecule has 1 aliphatic rings. The fourth-order valence-corrected chi connectivity index (χ4v) is 2.71. The molecule has 0 atom stereocenters. The summed E-state index contributed by atoms with van der Waals surface area (Å²) in [6.45, 7) is 2.93. The highest BCUT2D eigenvalue weighted by Crippen LogP contribution is 2.43. The van der Waals surface area contributed by atoms with Crippen molar-refractivity contribution in [2.24, 2.45) is 5.41 Å². The number of aromatic nitrogens is 1. The van der Waals surface area contributed by atoms with Crippen LogP contribution in [0.2, 0.25) is 5.02 Å².